The number of pyridine rings is 1. The van der Waals surface area contributed by atoms with Crippen LogP contribution in [-0.4, -0.2) is 95.6 Å². The molecule has 3 saturated heterocycles. The van der Waals surface area contributed by atoms with Gasteiger partial charge in [0.25, 0.3) is 0 Å². The minimum absolute atomic E-state index is 0.227. The van der Waals surface area contributed by atoms with Crippen LogP contribution in [0.4, 0.5) is 28.1 Å². The van der Waals surface area contributed by atoms with Crippen LogP contribution < -0.4 is 20.9 Å². The Morgan fingerprint density at radius 3 is 2.46 bits per heavy atom. The lowest BCUT2D eigenvalue weighted by Gasteiger charge is -2.32. The van der Waals surface area contributed by atoms with Gasteiger partial charge in [0.15, 0.2) is 5.82 Å². The van der Waals surface area contributed by atoms with Crippen LogP contribution in [0.1, 0.15) is 12.8 Å². The summed E-state index contributed by atoms with van der Waals surface area (Å²) in [7, 11) is 0. The zero-order chi connectivity index (χ0) is 26.4. The fourth-order valence-electron chi connectivity index (χ4n) is 5.08. The minimum Gasteiger partial charge on any atom is -0.379 e. The van der Waals surface area contributed by atoms with Crippen LogP contribution in [0.2, 0.25) is 0 Å². The van der Waals surface area contributed by atoms with Gasteiger partial charge < -0.3 is 30.3 Å². The first-order chi connectivity index (χ1) is 19.2. The molecule has 1 aromatic carbocycles. The van der Waals surface area contributed by atoms with Gasteiger partial charge in [-0.25, -0.2) is 4.79 Å². The van der Waals surface area contributed by atoms with Crippen molar-refractivity contribution in [3.63, 3.8) is 0 Å². The number of hydrogen-bond acceptors (Lipinski definition) is 10. The molecular weight excluding hydrogens is 498 g/mol. The highest BCUT2D eigenvalue weighted by molar-refractivity contribution is 5.99. The molecule has 0 spiro atoms. The lowest BCUT2D eigenvalue weighted by molar-refractivity contribution is 0.0299. The van der Waals surface area contributed by atoms with Crippen molar-refractivity contribution in [1.82, 2.24) is 24.8 Å². The third kappa shape index (κ3) is 6.59. The molecule has 0 radical (unpaired) electrons. The van der Waals surface area contributed by atoms with Gasteiger partial charge in [-0.3, -0.25) is 9.88 Å². The first-order valence-electron chi connectivity index (χ1n) is 13.5. The Kier molecular flexibility index (Phi) is 7.75. The maximum absolute atomic E-state index is 12.4. The summed E-state index contributed by atoms with van der Waals surface area (Å²) in [6, 6.07) is 10.7. The van der Waals surface area contributed by atoms with E-state index in [1.807, 2.05) is 24.3 Å². The van der Waals surface area contributed by atoms with E-state index in [9.17, 15) is 4.79 Å². The summed E-state index contributed by atoms with van der Waals surface area (Å²) in [5.74, 6) is 1.80. The molecular formula is C27H33N9O3. The molecule has 3 aromatic rings. The highest BCUT2D eigenvalue weighted by atomic mass is 16.5. The summed E-state index contributed by atoms with van der Waals surface area (Å²) in [4.78, 5) is 35.3. The van der Waals surface area contributed by atoms with Crippen LogP contribution in [0.5, 0.6) is 0 Å². The SMILES string of the molecule is O=C(Nc1ccc(-c2nc(NCCN3CCOCC3)nc(N3CC4CCC(C3)O4)n2)cc1)Nc1cccnc1. The van der Waals surface area contributed by atoms with Crippen LogP contribution >= 0.6 is 0 Å². The molecule has 3 aliphatic heterocycles. The number of hydrogen-bond donors (Lipinski definition) is 3. The third-order valence-electron chi connectivity index (χ3n) is 7.09. The molecule has 6 rings (SSSR count). The Balaban J connectivity index is 1.17. The maximum atomic E-state index is 12.4. The Labute approximate surface area is 227 Å². The van der Waals surface area contributed by atoms with Gasteiger partial charge in [-0.15, -0.1) is 0 Å². The van der Waals surface area contributed by atoms with Gasteiger partial charge in [0, 0.05) is 56.7 Å². The standard InChI is InChI=1S/C27H33N9O3/c37-27(31-21-2-1-9-28-16-21)30-20-5-3-19(4-6-20)24-32-25(29-10-11-35-12-14-38-15-13-35)34-26(33-24)36-17-22-7-8-23(18-36)39-22/h1-6,9,16,22-23H,7-8,10-15,17-18H2,(H2,30,31,37)(H,29,32,33,34). The first kappa shape index (κ1) is 25.4. The van der Waals surface area contributed by atoms with Gasteiger partial charge in [0.1, 0.15) is 0 Å². The molecule has 3 N–H and O–H groups in total. The van der Waals surface area contributed by atoms with Crippen molar-refractivity contribution in [2.75, 3.05) is 73.3 Å². The fourth-order valence-corrected chi connectivity index (χ4v) is 5.08. The molecule has 2 amide bonds. The normalized spacial score (nSPS) is 21.0. The number of amides is 2. The van der Waals surface area contributed by atoms with Crippen LogP contribution in [0.3, 0.4) is 0 Å². The van der Waals surface area contributed by atoms with Crippen LogP contribution in [0, 0.1) is 0 Å². The van der Waals surface area contributed by atoms with Crippen LogP contribution in [0.25, 0.3) is 11.4 Å². The minimum atomic E-state index is -0.341. The predicted molar refractivity (Wildman–Crippen MR) is 148 cm³/mol. The van der Waals surface area contributed by atoms with E-state index >= 15 is 0 Å². The van der Waals surface area contributed by atoms with Gasteiger partial charge in [-0.1, -0.05) is 0 Å². The first-order valence-corrected chi connectivity index (χ1v) is 13.5. The number of carbonyl (C=O) groups excluding carboxylic acids is 1. The van der Waals surface area contributed by atoms with Crippen molar-refractivity contribution in [3.8, 4) is 11.4 Å². The van der Waals surface area contributed by atoms with E-state index in [2.05, 4.69) is 30.7 Å². The second-order valence-corrected chi connectivity index (χ2v) is 9.92. The summed E-state index contributed by atoms with van der Waals surface area (Å²) >= 11 is 0. The Morgan fingerprint density at radius 2 is 1.72 bits per heavy atom. The highest BCUT2D eigenvalue weighted by Gasteiger charge is 2.35. The molecule has 0 aliphatic carbocycles. The molecule has 2 unspecified atom stereocenters. The molecule has 2 atom stereocenters. The molecule has 2 aromatic heterocycles. The Morgan fingerprint density at radius 1 is 0.949 bits per heavy atom. The van der Waals surface area contributed by atoms with E-state index in [0.717, 1.165) is 70.9 Å². The molecule has 3 aliphatic rings. The summed E-state index contributed by atoms with van der Waals surface area (Å²) in [6.45, 7) is 6.60. The van der Waals surface area contributed by atoms with Gasteiger partial charge in [-0.2, -0.15) is 15.0 Å². The molecule has 2 bridgehead atoms. The van der Waals surface area contributed by atoms with Gasteiger partial charge in [0.05, 0.1) is 37.3 Å². The Hall–Kier alpha value is -3.87. The fraction of sp³-hybridized carbons (Fsp3) is 0.444. The van der Waals surface area contributed by atoms with Gasteiger partial charge in [-0.05, 0) is 49.2 Å². The maximum Gasteiger partial charge on any atom is 0.323 e. The van der Waals surface area contributed by atoms with E-state index in [0.29, 0.717) is 29.1 Å². The number of benzene rings is 1. The van der Waals surface area contributed by atoms with Crippen LogP contribution in [0.15, 0.2) is 48.8 Å². The molecule has 204 valence electrons. The average Bonchev–Trinajstić information content (AvgIpc) is 3.31. The number of aromatic nitrogens is 4. The number of nitrogens with zero attached hydrogens (tertiary/aromatic N) is 6. The molecule has 12 heteroatoms. The van der Waals surface area contributed by atoms with Crippen LogP contribution in [-0.2, 0) is 9.47 Å². The van der Waals surface area contributed by atoms with Gasteiger partial charge in [0.2, 0.25) is 11.9 Å². The number of urea groups is 1. The zero-order valence-corrected chi connectivity index (χ0v) is 21.8. The molecule has 0 saturated carbocycles. The van der Waals surface area contributed by atoms with Crippen molar-refractivity contribution in [2.45, 2.75) is 25.0 Å². The monoisotopic (exact) mass is 531 g/mol. The number of fused-ring (bicyclic) bond motifs is 2. The highest BCUT2D eigenvalue weighted by Crippen LogP contribution is 2.29. The van der Waals surface area contributed by atoms with Crippen molar-refractivity contribution in [1.29, 1.82) is 0 Å². The number of ether oxygens (including phenoxy) is 2. The number of carbonyl (C=O) groups is 1. The number of nitrogens with one attached hydrogen (secondary N) is 3. The van der Waals surface area contributed by atoms with E-state index in [1.165, 1.54) is 0 Å². The van der Waals surface area contributed by atoms with E-state index in [4.69, 9.17) is 24.4 Å². The van der Waals surface area contributed by atoms with E-state index < -0.39 is 0 Å². The summed E-state index contributed by atoms with van der Waals surface area (Å²) in [6.07, 6.45) is 5.85. The second-order valence-electron chi connectivity index (χ2n) is 9.92. The topological polar surface area (TPSA) is 130 Å². The largest absolute Gasteiger partial charge is 0.379 e. The second kappa shape index (κ2) is 11.9. The predicted octanol–water partition coefficient (Wildman–Crippen LogP) is 2.69. The summed E-state index contributed by atoms with van der Waals surface area (Å²) < 4.78 is 11.5. The lowest BCUT2D eigenvalue weighted by atomic mass is 10.2. The summed E-state index contributed by atoms with van der Waals surface area (Å²) in [5, 5.41) is 9.01. The molecule has 3 fully saturated rings. The number of anilines is 4. The average molecular weight is 532 g/mol. The molecule has 39 heavy (non-hydrogen) atoms. The van der Waals surface area contributed by atoms with E-state index in [1.54, 1.807) is 24.5 Å². The number of morpholine rings is 2. The Bertz CT molecular complexity index is 1240. The lowest BCUT2D eigenvalue weighted by Crippen LogP contribution is -2.43. The summed E-state index contributed by atoms with van der Waals surface area (Å²) in [5.41, 5.74) is 2.11. The number of rotatable bonds is 8. The quantitative estimate of drug-likeness (QED) is 0.399. The van der Waals surface area contributed by atoms with Gasteiger partial charge >= 0.3 is 6.03 Å². The smallest absolute Gasteiger partial charge is 0.323 e. The molecule has 12 nitrogen and oxygen atoms in total. The van der Waals surface area contributed by atoms with Crippen molar-refractivity contribution < 1.29 is 14.3 Å². The third-order valence-corrected chi connectivity index (χ3v) is 7.09. The van der Waals surface area contributed by atoms with Crippen molar-refractivity contribution in [2.24, 2.45) is 0 Å². The van der Waals surface area contributed by atoms with E-state index in [-0.39, 0.29) is 18.2 Å². The van der Waals surface area contributed by atoms with Crippen molar-refractivity contribution in [3.05, 3.63) is 48.8 Å². The molecule has 5 heterocycles. The zero-order valence-electron chi connectivity index (χ0n) is 21.8. The van der Waals surface area contributed by atoms with Crippen molar-refractivity contribution >= 4 is 29.3 Å².